The molecular formula is C15H18N2O4. The van der Waals surface area contributed by atoms with Crippen LogP contribution >= 0.6 is 0 Å². The Bertz CT molecular complexity index is 550. The standard InChI is InChI=1S/C15H18N2O4/c1-21-10-7-13(15(19)20)17(8-10)14(18)12-6-9-4-2-3-5-11(9)16-12/h2-5,10,12-13,16H,6-8H2,1H3,(H,19,20)/t10?,12-,13?/m0/s1. The number of fused-ring (bicyclic) bond motifs is 1. The lowest BCUT2D eigenvalue weighted by Crippen LogP contribution is -2.47. The van der Waals surface area contributed by atoms with Gasteiger partial charge in [0.1, 0.15) is 12.1 Å². The fourth-order valence-corrected chi connectivity index (χ4v) is 3.09. The van der Waals surface area contributed by atoms with Crippen molar-refractivity contribution in [2.24, 2.45) is 0 Å². The second kappa shape index (κ2) is 5.37. The topological polar surface area (TPSA) is 78.9 Å². The Labute approximate surface area is 122 Å². The molecule has 6 nitrogen and oxygen atoms in total. The van der Waals surface area contributed by atoms with Crippen LogP contribution in [0, 0.1) is 0 Å². The van der Waals surface area contributed by atoms with Crippen molar-refractivity contribution in [3.8, 4) is 0 Å². The van der Waals surface area contributed by atoms with Gasteiger partial charge < -0.3 is 20.1 Å². The van der Waals surface area contributed by atoms with Gasteiger partial charge in [-0.2, -0.15) is 0 Å². The van der Waals surface area contributed by atoms with Crippen LogP contribution in [0.3, 0.4) is 0 Å². The normalized spacial score (nSPS) is 27.3. The van der Waals surface area contributed by atoms with Gasteiger partial charge in [-0.15, -0.1) is 0 Å². The Morgan fingerprint density at radius 3 is 2.81 bits per heavy atom. The van der Waals surface area contributed by atoms with Crippen LogP contribution in [-0.4, -0.2) is 53.7 Å². The average molecular weight is 290 g/mol. The zero-order valence-electron chi connectivity index (χ0n) is 11.8. The van der Waals surface area contributed by atoms with Gasteiger partial charge in [0.05, 0.1) is 6.10 Å². The number of amides is 1. The van der Waals surface area contributed by atoms with E-state index in [1.165, 1.54) is 4.90 Å². The molecule has 6 heteroatoms. The van der Waals surface area contributed by atoms with Crippen LogP contribution in [0.2, 0.25) is 0 Å². The number of methoxy groups -OCH3 is 1. The van der Waals surface area contributed by atoms with Crippen molar-refractivity contribution in [3.05, 3.63) is 29.8 Å². The average Bonchev–Trinajstić information content (AvgIpc) is 3.10. The fourth-order valence-electron chi connectivity index (χ4n) is 3.09. The lowest BCUT2D eigenvalue weighted by atomic mass is 10.1. The van der Waals surface area contributed by atoms with Gasteiger partial charge in [0, 0.05) is 32.2 Å². The maximum Gasteiger partial charge on any atom is 0.326 e. The number of carboxylic acid groups (broad SMARTS) is 1. The summed E-state index contributed by atoms with van der Waals surface area (Å²) >= 11 is 0. The van der Waals surface area contributed by atoms with Crippen LogP contribution in [0.4, 0.5) is 5.69 Å². The summed E-state index contributed by atoms with van der Waals surface area (Å²) in [6.07, 6.45) is 0.728. The molecule has 3 rings (SSSR count). The number of anilines is 1. The van der Waals surface area contributed by atoms with Crippen molar-refractivity contribution in [3.63, 3.8) is 0 Å². The number of likely N-dealkylation sites (tertiary alicyclic amines) is 1. The second-order valence-corrected chi connectivity index (χ2v) is 5.50. The highest BCUT2D eigenvalue weighted by Gasteiger charge is 2.42. The first-order valence-electron chi connectivity index (χ1n) is 7.00. The van der Waals surface area contributed by atoms with E-state index in [4.69, 9.17) is 4.74 Å². The number of para-hydroxylation sites is 1. The Balaban J connectivity index is 1.75. The largest absolute Gasteiger partial charge is 0.480 e. The Morgan fingerprint density at radius 2 is 2.14 bits per heavy atom. The first kappa shape index (κ1) is 13.9. The third kappa shape index (κ3) is 2.47. The molecule has 0 aliphatic carbocycles. The molecule has 1 amide bonds. The number of aliphatic carboxylic acids is 1. The zero-order valence-corrected chi connectivity index (χ0v) is 11.8. The molecule has 112 valence electrons. The maximum absolute atomic E-state index is 12.6. The van der Waals surface area contributed by atoms with E-state index in [2.05, 4.69) is 5.32 Å². The molecule has 0 bridgehead atoms. The predicted octanol–water partition coefficient (Wildman–Crippen LogP) is 0.724. The van der Waals surface area contributed by atoms with Crippen LogP contribution in [0.1, 0.15) is 12.0 Å². The Hall–Kier alpha value is -2.08. The SMILES string of the molecule is COC1CC(C(=O)O)N(C(=O)[C@@H]2Cc3ccccc3N2)C1. The van der Waals surface area contributed by atoms with Crippen LogP contribution < -0.4 is 5.32 Å². The van der Waals surface area contributed by atoms with Crippen molar-refractivity contribution < 1.29 is 19.4 Å². The molecule has 21 heavy (non-hydrogen) atoms. The summed E-state index contributed by atoms with van der Waals surface area (Å²) in [4.78, 5) is 25.4. The summed E-state index contributed by atoms with van der Waals surface area (Å²) in [5.41, 5.74) is 2.04. The maximum atomic E-state index is 12.6. The minimum Gasteiger partial charge on any atom is -0.480 e. The first-order valence-corrected chi connectivity index (χ1v) is 7.00. The monoisotopic (exact) mass is 290 g/mol. The van der Waals surface area contributed by atoms with E-state index in [9.17, 15) is 14.7 Å². The number of hydrogen-bond acceptors (Lipinski definition) is 4. The van der Waals surface area contributed by atoms with E-state index in [-0.39, 0.29) is 18.1 Å². The Kier molecular flexibility index (Phi) is 3.55. The predicted molar refractivity (Wildman–Crippen MR) is 76.1 cm³/mol. The zero-order chi connectivity index (χ0) is 15.0. The van der Waals surface area contributed by atoms with E-state index < -0.39 is 12.0 Å². The summed E-state index contributed by atoms with van der Waals surface area (Å²) in [5.74, 6) is -1.14. The number of carbonyl (C=O) groups is 2. The number of ether oxygens (including phenoxy) is 1. The number of nitrogens with zero attached hydrogens (tertiary/aromatic N) is 1. The number of rotatable bonds is 3. The van der Waals surface area contributed by atoms with E-state index in [0.717, 1.165) is 11.3 Å². The number of nitrogens with one attached hydrogen (secondary N) is 1. The number of carboxylic acids is 1. The third-order valence-electron chi connectivity index (χ3n) is 4.23. The van der Waals surface area contributed by atoms with Gasteiger partial charge in [0.25, 0.3) is 0 Å². The minimum atomic E-state index is -0.974. The van der Waals surface area contributed by atoms with Gasteiger partial charge >= 0.3 is 5.97 Å². The van der Waals surface area contributed by atoms with E-state index in [1.54, 1.807) is 7.11 Å². The van der Waals surface area contributed by atoms with Crippen molar-refractivity contribution in [2.75, 3.05) is 19.0 Å². The van der Waals surface area contributed by atoms with E-state index >= 15 is 0 Å². The van der Waals surface area contributed by atoms with Gasteiger partial charge in [-0.1, -0.05) is 18.2 Å². The smallest absolute Gasteiger partial charge is 0.326 e. The van der Waals surface area contributed by atoms with Gasteiger partial charge in [-0.3, -0.25) is 4.79 Å². The van der Waals surface area contributed by atoms with Crippen molar-refractivity contribution in [2.45, 2.75) is 31.0 Å². The summed E-state index contributed by atoms with van der Waals surface area (Å²) in [6, 6.07) is 6.57. The summed E-state index contributed by atoms with van der Waals surface area (Å²) in [5, 5.41) is 12.5. The van der Waals surface area contributed by atoms with Gasteiger partial charge in [-0.05, 0) is 11.6 Å². The highest BCUT2D eigenvalue weighted by Crippen LogP contribution is 2.28. The molecule has 2 unspecified atom stereocenters. The third-order valence-corrected chi connectivity index (χ3v) is 4.23. The number of carbonyl (C=O) groups excluding carboxylic acids is 1. The highest BCUT2D eigenvalue weighted by molar-refractivity contribution is 5.91. The number of hydrogen-bond donors (Lipinski definition) is 2. The second-order valence-electron chi connectivity index (χ2n) is 5.50. The lowest BCUT2D eigenvalue weighted by Gasteiger charge is -2.24. The first-order chi connectivity index (χ1) is 10.1. The number of benzene rings is 1. The molecule has 2 aliphatic rings. The lowest BCUT2D eigenvalue weighted by molar-refractivity contribution is -0.148. The van der Waals surface area contributed by atoms with Crippen molar-refractivity contribution in [1.82, 2.24) is 4.90 Å². The molecule has 0 aromatic heterocycles. The van der Waals surface area contributed by atoms with Crippen LogP contribution in [0.25, 0.3) is 0 Å². The molecule has 0 saturated carbocycles. The molecule has 1 aromatic rings. The van der Waals surface area contributed by atoms with Crippen molar-refractivity contribution >= 4 is 17.6 Å². The fraction of sp³-hybridized carbons (Fsp3) is 0.467. The minimum absolute atomic E-state index is 0.168. The molecule has 3 atom stereocenters. The summed E-state index contributed by atoms with van der Waals surface area (Å²) < 4.78 is 5.22. The van der Waals surface area contributed by atoms with Gasteiger partial charge in [0.15, 0.2) is 0 Å². The van der Waals surface area contributed by atoms with Crippen LogP contribution in [0.5, 0.6) is 0 Å². The van der Waals surface area contributed by atoms with E-state index in [1.807, 2.05) is 24.3 Å². The molecule has 0 spiro atoms. The highest BCUT2D eigenvalue weighted by atomic mass is 16.5. The molecular weight excluding hydrogens is 272 g/mol. The van der Waals surface area contributed by atoms with E-state index in [0.29, 0.717) is 19.4 Å². The molecule has 0 radical (unpaired) electrons. The van der Waals surface area contributed by atoms with Crippen molar-refractivity contribution in [1.29, 1.82) is 0 Å². The molecule has 1 saturated heterocycles. The molecule has 2 heterocycles. The quantitative estimate of drug-likeness (QED) is 0.857. The Morgan fingerprint density at radius 1 is 1.38 bits per heavy atom. The summed E-state index contributed by atoms with van der Waals surface area (Å²) in [7, 11) is 1.54. The van der Waals surface area contributed by atoms with Crippen LogP contribution in [-0.2, 0) is 20.7 Å². The van der Waals surface area contributed by atoms with Gasteiger partial charge in [0.2, 0.25) is 5.91 Å². The molecule has 1 aromatic carbocycles. The van der Waals surface area contributed by atoms with Gasteiger partial charge in [-0.25, -0.2) is 4.79 Å². The molecule has 2 aliphatic heterocycles. The molecule has 2 N–H and O–H groups in total. The summed E-state index contributed by atoms with van der Waals surface area (Å²) in [6.45, 7) is 0.334. The molecule has 1 fully saturated rings. The van der Waals surface area contributed by atoms with Crippen LogP contribution in [0.15, 0.2) is 24.3 Å².